The fourth-order valence-corrected chi connectivity index (χ4v) is 2.49. The first-order valence-electron chi connectivity index (χ1n) is 7.64. The molecule has 2 N–H and O–H groups in total. The minimum atomic E-state index is -0.578. The fourth-order valence-electron chi connectivity index (χ4n) is 1.98. The second-order valence-corrected chi connectivity index (χ2v) is 6.08. The van der Waals surface area contributed by atoms with E-state index in [1.54, 1.807) is 18.2 Å². The highest BCUT2D eigenvalue weighted by molar-refractivity contribution is 9.10. The lowest BCUT2D eigenvalue weighted by molar-refractivity contribution is -0.142. The van der Waals surface area contributed by atoms with Crippen LogP contribution in [-0.4, -0.2) is 30.7 Å². The number of esters is 1. The van der Waals surface area contributed by atoms with E-state index in [2.05, 4.69) is 26.0 Å². The maximum Gasteiger partial charge on any atom is 0.343 e. The number of benzene rings is 2. The van der Waals surface area contributed by atoms with Gasteiger partial charge in [-0.2, -0.15) is 5.26 Å². The van der Waals surface area contributed by atoms with Crippen LogP contribution < -0.4 is 10.1 Å². The number of nitriles is 1. The largest absolute Gasteiger partial charge is 0.508 e. The maximum absolute atomic E-state index is 12.2. The monoisotopic (exact) mass is 430 g/mol. The van der Waals surface area contributed by atoms with Gasteiger partial charge in [-0.3, -0.25) is 4.79 Å². The standard InChI is InChI=1S/C19H15BrN2O5/c1-26-18(24)11-27-17-7-2-12(9-16(17)20)8-13(10-21)19(25)22-14-3-5-15(23)6-4-14/h2-9,23H,11H2,1H3,(H,22,25)/b13-8+. The minimum Gasteiger partial charge on any atom is -0.508 e. The van der Waals surface area contributed by atoms with Crippen LogP contribution >= 0.6 is 15.9 Å². The van der Waals surface area contributed by atoms with E-state index in [0.29, 0.717) is 21.5 Å². The van der Waals surface area contributed by atoms with Crippen molar-refractivity contribution in [3.05, 3.63) is 58.1 Å². The Labute approximate surface area is 164 Å². The number of hydrogen-bond donors (Lipinski definition) is 2. The van der Waals surface area contributed by atoms with Gasteiger partial charge in [0.05, 0.1) is 11.6 Å². The van der Waals surface area contributed by atoms with E-state index in [-0.39, 0.29) is 17.9 Å². The lowest BCUT2D eigenvalue weighted by Gasteiger charge is -2.08. The van der Waals surface area contributed by atoms with E-state index < -0.39 is 11.9 Å². The van der Waals surface area contributed by atoms with Gasteiger partial charge in [0.1, 0.15) is 23.1 Å². The second-order valence-electron chi connectivity index (χ2n) is 5.23. The summed E-state index contributed by atoms with van der Waals surface area (Å²) in [6.45, 7) is -0.233. The van der Waals surface area contributed by atoms with Crippen molar-refractivity contribution in [2.45, 2.75) is 0 Å². The Morgan fingerprint density at radius 3 is 2.56 bits per heavy atom. The van der Waals surface area contributed by atoms with Gasteiger partial charge in [-0.15, -0.1) is 0 Å². The molecule has 1 amide bonds. The third kappa shape index (κ3) is 5.87. The summed E-state index contributed by atoms with van der Waals surface area (Å²) in [5.41, 5.74) is 0.939. The van der Waals surface area contributed by atoms with Gasteiger partial charge in [0.2, 0.25) is 0 Å². The number of amides is 1. The van der Waals surface area contributed by atoms with Crippen molar-refractivity contribution in [2.75, 3.05) is 19.0 Å². The molecule has 0 atom stereocenters. The summed E-state index contributed by atoms with van der Waals surface area (Å²) in [6, 6.07) is 12.6. The van der Waals surface area contributed by atoms with Crippen LogP contribution in [0.3, 0.4) is 0 Å². The van der Waals surface area contributed by atoms with Gasteiger partial charge < -0.3 is 19.9 Å². The van der Waals surface area contributed by atoms with E-state index in [0.717, 1.165) is 0 Å². The van der Waals surface area contributed by atoms with E-state index in [4.69, 9.17) is 4.74 Å². The van der Waals surface area contributed by atoms with Crippen molar-refractivity contribution in [3.8, 4) is 17.6 Å². The number of phenolic OH excluding ortho intramolecular Hbond substituents is 1. The van der Waals surface area contributed by atoms with Crippen molar-refractivity contribution in [2.24, 2.45) is 0 Å². The molecule has 2 rings (SSSR count). The van der Waals surface area contributed by atoms with Crippen LogP contribution in [-0.2, 0) is 14.3 Å². The molecule has 0 heterocycles. The van der Waals surface area contributed by atoms with Crippen LogP contribution in [0.25, 0.3) is 6.08 Å². The van der Waals surface area contributed by atoms with E-state index in [1.165, 1.54) is 37.5 Å². The first-order valence-corrected chi connectivity index (χ1v) is 8.43. The quantitative estimate of drug-likeness (QED) is 0.315. The van der Waals surface area contributed by atoms with Crippen molar-refractivity contribution < 1.29 is 24.2 Å². The highest BCUT2D eigenvalue weighted by atomic mass is 79.9. The third-order valence-electron chi connectivity index (χ3n) is 3.33. The molecule has 8 heteroatoms. The number of rotatable bonds is 6. The predicted molar refractivity (Wildman–Crippen MR) is 102 cm³/mol. The summed E-state index contributed by atoms with van der Waals surface area (Å²) in [6.07, 6.45) is 1.42. The summed E-state index contributed by atoms with van der Waals surface area (Å²) in [5, 5.41) is 21.1. The fraction of sp³-hybridized carbons (Fsp3) is 0.105. The van der Waals surface area contributed by atoms with E-state index in [9.17, 15) is 20.0 Å². The zero-order chi connectivity index (χ0) is 19.8. The summed E-state index contributed by atoms with van der Waals surface area (Å²) in [7, 11) is 1.27. The highest BCUT2D eigenvalue weighted by Gasteiger charge is 2.11. The van der Waals surface area contributed by atoms with Crippen LogP contribution in [0.1, 0.15) is 5.56 Å². The Bertz CT molecular complexity index is 917. The molecule has 0 aromatic heterocycles. The summed E-state index contributed by atoms with van der Waals surface area (Å²) in [4.78, 5) is 23.4. The van der Waals surface area contributed by atoms with Crippen LogP contribution in [0.4, 0.5) is 5.69 Å². The molecule has 0 aliphatic carbocycles. The molecule has 0 saturated heterocycles. The molecule has 0 fully saturated rings. The number of anilines is 1. The molecule has 7 nitrogen and oxygen atoms in total. The maximum atomic E-state index is 12.2. The first-order chi connectivity index (χ1) is 12.9. The number of methoxy groups -OCH3 is 1. The number of aromatic hydroxyl groups is 1. The van der Waals surface area contributed by atoms with Crippen LogP contribution in [0.15, 0.2) is 52.5 Å². The zero-order valence-electron chi connectivity index (χ0n) is 14.2. The molecular weight excluding hydrogens is 416 g/mol. The Kier molecular flexibility index (Phi) is 6.97. The van der Waals surface area contributed by atoms with Crippen molar-refractivity contribution in [1.29, 1.82) is 5.26 Å². The molecule has 0 aliphatic heterocycles. The van der Waals surface area contributed by atoms with Crippen molar-refractivity contribution in [3.63, 3.8) is 0 Å². The lowest BCUT2D eigenvalue weighted by atomic mass is 10.1. The molecule has 0 unspecified atom stereocenters. The van der Waals surface area contributed by atoms with Gasteiger partial charge in [-0.25, -0.2) is 4.79 Å². The second kappa shape index (κ2) is 9.40. The normalized spacial score (nSPS) is 10.6. The zero-order valence-corrected chi connectivity index (χ0v) is 15.8. The third-order valence-corrected chi connectivity index (χ3v) is 3.95. The molecule has 0 spiro atoms. The first kappa shape index (κ1) is 20.0. The average Bonchev–Trinajstić information content (AvgIpc) is 2.66. The number of carbonyl (C=O) groups is 2. The van der Waals surface area contributed by atoms with Gasteiger partial charge in [0.25, 0.3) is 5.91 Å². The molecular formula is C19H15BrN2O5. The molecule has 2 aromatic rings. The molecule has 2 aromatic carbocycles. The van der Waals surface area contributed by atoms with Crippen molar-refractivity contribution >= 4 is 39.6 Å². The summed E-state index contributed by atoms with van der Waals surface area (Å²) >= 11 is 3.32. The number of carbonyl (C=O) groups excluding carboxylic acids is 2. The van der Waals surface area contributed by atoms with Gasteiger partial charge in [-0.1, -0.05) is 6.07 Å². The van der Waals surface area contributed by atoms with E-state index >= 15 is 0 Å². The molecule has 0 saturated carbocycles. The number of phenols is 1. The smallest absolute Gasteiger partial charge is 0.343 e. The van der Waals surface area contributed by atoms with Gasteiger partial charge in [-0.05, 0) is 64.0 Å². The van der Waals surface area contributed by atoms with Crippen LogP contribution in [0.2, 0.25) is 0 Å². The SMILES string of the molecule is COC(=O)COc1ccc(/C=C(\C#N)C(=O)Nc2ccc(O)cc2)cc1Br. The molecule has 138 valence electrons. The Morgan fingerprint density at radius 1 is 1.26 bits per heavy atom. The van der Waals surface area contributed by atoms with Gasteiger partial charge >= 0.3 is 5.97 Å². The predicted octanol–water partition coefficient (Wildman–Crippen LogP) is 3.25. The number of hydrogen-bond acceptors (Lipinski definition) is 6. The molecule has 0 aliphatic rings. The molecule has 0 bridgehead atoms. The van der Waals surface area contributed by atoms with Crippen LogP contribution in [0.5, 0.6) is 11.5 Å². The number of nitrogens with zero attached hydrogens (tertiary/aromatic N) is 1. The molecule has 0 radical (unpaired) electrons. The van der Waals surface area contributed by atoms with Gasteiger partial charge in [0, 0.05) is 5.69 Å². The topological polar surface area (TPSA) is 109 Å². The highest BCUT2D eigenvalue weighted by Crippen LogP contribution is 2.27. The Hall–Kier alpha value is -3.31. The van der Waals surface area contributed by atoms with Crippen LogP contribution in [0, 0.1) is 11.3 Å². The Balaban J connectivity index is 2.13. The number of halogens is 1. The summed E-state index contributed by atoms with van der Waals surface area (Å²) < 4.78 is 10.4. The number of ether oxygens (including phenoxy) is 2. The Morgan fingerprint density at radius 2 is 1.96 bits per heavy atom. The lowest BCUT2D eigenvalue weighted by Crippen LogP contribution is -2.13. The summed E-state index contributed by atoms with van der Waals surface area (Å²) in [5.74, 6) is -0.595. The van der Waals surface area contributed by atoms with Gasteiger partial charge in [0.15, 0.2) is 6.61 Å². The van der Waals surface area contributed by atoms with Crippen molar-refractivity contribution in [1.82, 2.24) is 0 Å². The number of nitrogens with one attached hydrogen (secondary N) is 1. The minimum absolute atomic E-state index is 0.0726. The average molecular weight is 431 g/mol. The van der Waals surface area contributed by atoms with E-state index in [1.807, 2.05) is 6.07 Å². The molecule has 27 heavy (non-hydrogen) atoms.